The van der Waals surface area contributed by atoms with Crippen LogP contribution in [0.15, 0.2) is 41.0 Å². The van der Waals surface area contributed by atoms with E-state index in [9.17, 15) is 9.18 Å². The number of halogens is 2. The lowest BCUT2D eigenvalue weighted by atomic mass is 10.2. The summed E-state index contributed by atoms with van der Waals surface area (Å²) in [6, 6.07) is 7.54. The predicted octanol–water partition coefficient (Wildman–Crippen LogP) is 2.92. The summed E-state index contributed by atoms with van der Waals surface area (Å²) >= 11 is 3.15. The highest BCUT2D eigenvalue weighted by Crippen LogP contribution is 2.15. The zero-order valence-electron chi connectivity index (χ0n) is 10.7. The molecule has 0 saturated heterocycles. The van der Waals surface area contributed by atoms with Crippen LogP contribution >= 0.6 is 15.9 Å². The fourth-order valence-corrected chi connectivity index (χ4v) is 2.11. The molecule has 0 aliphatic rings. The quantitative estimate of drug-likeness (QED) is 0.932. The summed E-state index contributed by atoms with van der Waals surface area (Å²) in [5.74, 6) is -0.332. The maximum atomic E-state index is 13.2. The number of rotatable bonds is 4. The van der Waals surface area contributed by atoms with Crippen molar-refractivity contribution in [2.45, 2.75) is 6.54 Å². The molecular formula is C14H12BrFN2O2. The van der Waals surface area contributed by atoms with Gasteiger partial charge < -0.3 is 10.1 Å². The first-order valence-electron chi connectivity index (χ1n) is 5.81. The second-order valence-electron chi connectivity index (χ2n) is 4.05. The Morgan fingerprint density at radius 1 is 1.40 bits per heavy atom. The van der Waals surface area contributed by atoms with Gasteiger partial charge in [-0.05, 0) is 29.8 Å². The number of methoxy groups -OCH3 is 1. The Labute approximate surface area is 124 Å². The monoisotopic (exact) mass is 338 g/mol. The number of nitrogens with one attached hydrogen (secondary N) is 1. The SMILES string of the molecule is COc1cc(CNC(=O)c2cc(F)cc(Br)c2)ccn1. The van der Waals surface area contributed by atoms with Gasteiger partial charge in [-0.3, -0.25) is 4.79 Å². The molecule has 0 saturated carbocycles. The number of aromatic nitrogens is 1. The minimum absolute atomic E-state index is 0.262. The molecule has 0 aliphatic heterocycles. The highest BCUT2D eigenvalue weighted by molar-refractivity contribution is 9.10. The molecule has 0 unspecified atom stereocenters. The van der Waals surface area contributed by atoms with E-state index in [2.05, 4.69) is 26.2 Å². The van der Waals surface area contributed by atoms with Gasteiger partial charge >= 0.3 is 0 Å². The minimum atomic E-state index is -0.463. The Morgan fingerprint density at radius 3 is 2.90 bits per heavy atom. The molecular weight excluding hydrogens is 327 g/mol. The molecule has 1 aromatic heterocycles. The summed E-state index contributed by atoms with van der Waals surface area (Å²) < 4.78 is 18.7. The summed E-state index contributed by atoms with van der Waals surface area (Å²) in [6.07, 6.45) is 1.60. The van der Waals surface area contributed by atoms with Gasteiger partial charge in [-0.2, -0.15) is 0 Å². The predicted molar refractivity (Wildman–Crippen MR) is 76.1 cm³/mol. The summed E-state index contributed by atoms with van der Waals surface area (Å²) in [5, 5.41) is 2.71. The third-order valence-corrected chi connectivity index (χ3v) is 3.04. The van der Waals surface area contributed by atoms with Crippen molar-refractivity contribution < 1.29 is 13.9 Å². The van der Waals surface area contributed by atoms with Crippen molar-refractivity contribution in [2.24, 2.45) is 0 Å². The number of benzene rings is 1. The van der Waals surface area contributed by atoms with Gasteiger partial charge in [0.1, 0.15) is 5.82 Å². The van der Waals surface area contributed by atoms with Gasteiger partial charge in [0.05, 0.1) is 7.11 Å². The van der Waals surface area contributed by atoms with Crippen LogP contribution in [0.3, 0.4) is 0 Å². The van der Waals surface area contributed by atoms with Crippen LogP contribution in [-0.2, 0) is 6.54 Å². The minimum Gasteiger partial charge on any atom is -0.481 e. The summed E-state index contributed by atoms with van der Waals surface area (Å²) in [5.41, 5.74) is 1.11. The van der Waals surface area contributed by atoms with Crippen molar-refractivity contribution in [3.05, 3.63) is 57.9 Å². The number of pyridine rings is 1. The van der Waals surface area contributed by atoms with E-state index in [0.717, 1.165) is 5.56 Å². The van der Waals surface area contributed by atoms with Crippen LogP contribution in [0.4, 0.5) is 4.39 Å². The average molecular weight is 339 g/mol. The van der Waals surface area contributed by atoms with E-state index in [1.54, 1.807) is 24.4 Å². The van der Waals surface area contributed by atoms with Gasteiger partial charge in [-0.15, -0.1) is 0 Å². The second kappa shape index (κ2) is 6.47. The van der Waals surface area contributed by atoms with Gasteiger partial charge in [0.2, 0.25) is 5.88 Å². The Kier molecular flexibility index (Phi) is 4.68. The highest BCUT2D eigenvalue weighted by atomic mass is 79.9. The van der Waals surface area contributed by atoms with Gasteiger partial charge in [-0.25, -0.2) is 9.37 Å². The highest BCUT2D eigenvalue weighted by Gasteiger charge is 2.08. The lowest BCUT2D eigenvalue weighted by Crippen LogP contribution is -2.23. The summed E-state index contributed by atoms with van der Waals surface area (Å²) in [4.78, 5) is 15.9. The molecule has 1 heterocycles. The Hall–Kier alpha value is -1.95. The molecule has 1 amide bonds. The van der Waals surface area contributed by atoms with Crippen molar-refractivity contribution in [3.63, 3.8) is 0 Å². The number of carbonyl (C=O) groups is 1. The first-order chi connectivity index (χ1) is 9.58. The van der Waals surface area contributed by atoms with Crippen molar-refractivity contribution in [1.29, 1.82) is 0 Å². The zero-order valence-corrected chi connectivity index (χ0v) is 12.3. The molecule has 0 spiro atoms. The Balaban J connectivity index is 2.04. The van der Waals surface area contributed by atoms with Gasteiger partial charge in [0, 0.05) is 28.8 Å². The van der Waals surface area contributed by atoms with E-state index in [0.29, 0.717) is 16.9 Å². The molecule has 0 aliphatic carbocycles. The standard InChI is InChI=1S/C14H12BrFN2O2/c1-20-13-4-9(2-3-17-13)8-18-14(19)10-5-11(15)7-12(16)6-10/h2-7H,8H2,1H3,(H,18,19). The number of nitrogens with zero attached hydrogens (tertiary/aromatic N) is 1. The zero-order chi connectivity index (χ0) is 14.5. The van der Waals surface area contributed by atoms with Crippen LogP contribution in [0.5, 0.6) is 5.88 Å². The van der Waals surface area contributed by atoms with Crippen molar-refractivity contribution in [1.82, 2.24) is 10.3 Å². The van der Waals surface area contributed by atoms with Gasteiger partial charge in [0.25, 0.3) is 5.91 Å². The molecule has 104 valence electrons. The van der Waals surface area contributed by atoms with E-state index in [4.69, 9.17) is 4.74 Å². The normalized spacial score (nSPS) is 10.2. The van der Waals surface area contributed by atoms with Crippen LogP contribution in [0.1, 0.15) is 15.9 Å². The smallest absolute Gasteiger partial charge is 0.251 e. The average Bonchev–Trinajstić information content (AvgIpc) is 2.44. The topological polar surface area (TPSA) is 51.2 Å². The Bertz CT molecular complexity index is 614. The molecule has 0 bridgehead atoms. The molecule has 2 aromatic rings. The lowest BCUT2D eigenvalue weighted by Gasteiger charge is -2.07. The van der Waals surface area contributed by atoms with Gasteiger partial charge in [-0.1, -0.05) is 15.9 Å². The molecule has 1 aromatic carbocycles. The molecule has 20 heavy (non-hydrogen) atoms. The third-order valence-electron chi connectivity index (χ3n) is 2.59. The van der Waals surface area contributed by atoms with Gasteiger partial charge in [0.15, 0.2) is 0 Å². The summed E-state index contributed by atoms with van der Waals surface area (Å²) in [7, 11) is 1.52. The molecule has 4 nitrogen and oxygen atoms in total. The lowest BCUT2D eigenvalue weighted by molar-refractivity contribution is 0.0950. The van der Waals surface area contributed by atoms with Crippen LogP contribution in [0.2, 0.25) is 0 Å². The maximum Gasteiger partial charge on any atom is 0.251 e. The van der Waals surface area contributed by atoms with Crippen LogP contribution in [0.25, 0.3) is 0 Å². The van der Waals surface area contributed by atoms with E-state index < -0.39 is 5.82 Å². The largest absolute Gasteiger partial charge is 0.481 e. The van der Waals surface area contributed by atoms with Crippen molar-refractivity contribution in [3.8, 4) is 5.88 Å². The van der Waals surface area contributed by atoms with Crippen LogP contribution in [0, 0.1) is 5.82 Å². The molecule has 0 fully saturated rings. The molecule has 0 atom stereocenters. The number of hydrogen-bond acceptors (Lipinski definition) is 3. The third kappa shape index (κ3) is 3.77. The first-order valence-corrected chi connectivity index (χ1v) is 6.61. The van der Waals surface area contributed by atoms with Crippen LogP contribution < -0.4 is 10.1 Å². The van der Waals surface area contributed by atoms with E-state index in [1.165, 1.54) is 19.2 Å². The summed E-state index contributed by atoms with van der Waals surface area (Å²) in [6.45, 7) is 0.311. The maximum absolute atomic E-state index is 13.2. The number of amides is 1. The first kappa shape index (κ1) is 14.5. The number of hydrogen-bond donors (Lipinski definition) is 1. The molecule has 6 heteroatoms. The van der Waals surface area contributed by atoms with Crippen molar-refractivity contribution in [2.75, 3.05) is 7.11 Å². The number of ether oxygens (including phenoxy) is 1. The van der Waals surface area contributed by atoms with E-state index in [-0.39, 0.29) is 11.5 Å². The molecule has 0 radical (unpaired) electrons. The van der Waals surface area contributed by atoms with Crippen molar-refractivity contribution >= 4 is 21.8 Å². The fraction of sp³-hybridized carbons (Fsp3) is 0.143. The molecule has 2 rings (SSSR count). The van der Waals surface area contributed by atoms with Crippen LogP contribution in [-0.4, -0.2) is 18.0 Å². The number of carbonyl (C=O) groups excluding carboxylic acids is 1. The Morgan fingerprint density at radius 2 is 2.20 bits per heavy atom. The second-order valence-corrected chi connectivity index (χ2v) is 4.96. The van der Waals surface area contributed by atoms with E-state index >= 15 is 0 Å². The van der Waals surface area contributed by atoms with E-state index in [1.807, 2.05) is 0 Å². The molecule has 1 N–H and O–H groups in total. The fourth-order valence-electron chi connectivity index (χ4n) is 1.64.